The summed E-state index contributed by atoms with van der Waals surface area (Å²) in [6, 6.07) is 13.7. The molecule has 8 heteroatoms. The van der Waals surface area contributed by atoms with Gasteiger partial charge < -0.3 is 13.7 Å². The molecule has 0 aliphatic carbocycles. The van der Waals surface area contributed by atoms with Crippen molar-refractivity contribution < 1.29 is 13.6 Å². The lowest BCUT2D eigenvalue weighted by Crippen LogP contribution is -2.30. The Balaban J connectivity index is 1.39. The Labute approximate surface area is 177 Å². The van der Waals surface area contributed by atoms with Crippen LogP contribution >= 0.6 is 11.8 Å². The number of rotatable bonds is 6. The lowest BCUT2D eigenvalue weighted by molar-refractivity contribution is -0.116. The van der Waals surface area contributed by atoms with Crippen LogP contribution in [0, 0.1) is 6.92 Å². The van der Waals surface area contributed by atoms with Crippen LogP contribution in [0.3, 0.4) is 0 Å². The van der Waals surface area contributed by atoms with Gasteiger partial charge in [-0.15, -0.1) is 10.2 Å². The summed E-state index contributed by atoms with van der Waals surface area (Å²) in [4.78, 5) is 14.8. The third kappa shape index (κ3) is 3.43. The van der Waals surface area contributed by atoms with Gasteiger partial charge in [0.1, 0.15) is 11.5 Å². The summed E-state index contributed by atoms with van der Waals surface area (Å²) in [5.74, 6) is 2.61. The van der Waals surface area contributed by atoms with E-state index < -0.39 is 0 Å². The normalized spacial score (nSPS) is 13.0. The number of nitrogens with zero attached hydrogens (tertiary/aromatic N) is 4. The summed E-state index contributed by atoms with van der Waals surface area (Å²) in [6.07, 6.45) is 4.17. The highest BCUT2D eigenvalue weighted by Gasteiger charge is 2.25. The molecular formula is C22H20N4O3S. The zero-order valence-electron chi connectivity index (χ0n) is 16.4. The first-order valence-corrected chi connectivity index (χ1v) is 10.7. The van der Waals surface area contributed by atoms with E-state index >= 15 is 0 Å². The lowest BCUT2D eigenvalue weighted by atomic mass is 10.2. The number of para-hydroxylation sites is 1. The van der Waals surface area contributed by atoms with Crippen molar-refractivity contribution in [3.05, 3.63) is 72.1 Å². The molecule has 0 saturated carbocycles. The summed E-state index contributed by atoms with van der Waals surface area (Å²) >= 11 is 1.39. The quantitative estimate of drug-likeness (QED) is 0.436. The van der Waals surface area contributed by atoms with Crippen LogP contribution in [0.5, 0.6) is 0 Å². The maximum atomic E-state index is 12.9. The predicted molar refractivity (Wildman–Crippen MR) is 113 cm³/mol. The molecule has 0 atom stereocenters. The molecule has 4 aromatic rings. The van der Waals surface area contributed by atoms with Crippen molar-refractivity contribution in [3.63, 3.8) is 0 Å². The van der Waals surface area contributed by atoms with Gasteiger partial charge in [-0.05, 0) is 43.2 Å². The second-order valence-electron chi connectivity index (χ2n) is 7.07. The number of thioether (sulfide) groups is 1. The summed E-state index contributed by atoms with van der Waals surface area (Å²) in [5.41, 5.74) is 3.10. The van der Waals surface area contributed by atoms with Crippen LogP contribution < -0.4 is 4.90 Å². The number of aryl methyl sites for hydroxylation is 1. The summed E-state index contributed by atoms with van der Waals surface area (Å²) in [6.45, 7) is 3.09. The van der Waals surface area contributed by atoms with Crippen LogP contribution in [0.25, 0.3) is 11.4 Å². The molecule has 4 heterocycles. The van der Waals surface area contributed by atoms with Crippen LogP contribution in [0.2, 0.25) is 0 Å². The third-order valence-electron chi connectivity index (χ3n) is 5.22. The first-order valence-electron chi connectivity index (χ1n) is 9.72. The molecule has 0 spiro atoms. The molecule has 3 aromatic heterocycles. The van der Waals surface area contributed by atoms with Crippen molar-refractivity contribution in [2.24, 2.45) is 0 Å². The molecule has 30 heavy (non-hydrogen) atoms. The molecule has 5 rings (SSSR count). The van der Waals surface area contributed by atoms with E-state index in [2.05, 4.69) is 16.3 Å². The number of furan rings is 2. The van der Waals surface area contributed by atoms with Crippen LogP contribution in [0.1, 0.15) is 17.1 Å². The zero-order chi connectivity index (χ0) is 20.5. The van der Waals surface area contributed by atoms with Gasteiger partial charge in [-0.1, -0.05) is 30.0 Å². The van der Waals surface area contributed by atoms with Gasteiger partial charge in [0.2, 0.25) is 5.91 Å². The SMILES string of the molecule is Cc1occc1-c1nnc(SCC(=O)N2CCc3ccccc32)n1Cc1ccco1. The molecule has 1 amide bonds. The van der Waals surface area contributed by atoms with Crippen molar-refractivity contribution >= 4 is 23.4 Å². The Bertz CT molecular complexity index is 1180. The van der Waals surface area contributed by atoms with Gasteiger partial charge in [-0.3, -0.25) is 9.36 Å². The van der Waals surface area contributed by atoms with Gasteiger partial charge in [0.15, 0.2) is 11.0 Å². The number of benzene rings is 1. The van der Waals surface area contributed by atoms with Crippen LogP contribution in [-0.2, 0) is 17.8 Å². The maximum absolute atomic E-state index is 12.9. The second kappa shape index (κ2) is 7.87. The summed E-state index contributed by atoms with van der Waals surface area (Å²) in [5, 5.41) is 9.40. The number of fused-ring (bicyclic) bond motifs is 1. The highest BCUT2D eigenvalue weighted by Crippen LogP contribution is 2.31. The largest absolute Gasteiger partial charge is 0.469 e. The van der Waals surface area contributed by atoms with Crippen molar-refractivity contribution in [2.75, 3.05) is 17.2 Å². The Morgan fingerprint density at radius 2 is 2.00 bits per heavy atom. The van der Waals surface area contributed by atoms with Gasteiger partial charge in [-0.2, -0.15) is 0 Å². The topological polar surface area (TPSA) is 77.3 Å². The molecule has 0 N–H and O–H groups in total. The van der Waals surface area contributed by atoms with Crippen molar-refractivity contribution in [2.45, 2.75) is 25.0 Å². The molecule has 0 bridgehead atoms. The van der Waals surface area contributed by atoms with E-state index in [-0.39, 0.29) is 11.7 Å². The van der Waals surface area contributed by atoms with E-state index in [1.807, 2.05) is 52.8 Å². The smallest absolute Gasteiger partial charge is 0.237 e. The first kappa shape index (κ1) is 18.7. The Kier molecular flexibility index (Phi) is 4.92. The Morgan fingerprint density at radius 1 is 1.10 bits per heavy atom. The highest BCUT2D eigenvalue weighted by atomic mass is 32.2. The summed E-state index contributed by atoms with van der Waals surface area (Å²) < 4.78 is 12.9. The van der Waals surface area contributed by atoms with E-state index in [9.17, 15) is 4.79 Å². The number of anilines is 1. The molecule has 152 valence electrons. The van der Waals surface area contributed by atoms with E-state index in [1.165, 1.54) is 17.3 Å². The molecule has 0 saturated heterocycles. The van der Waals surface area contributed by atoms with Gasteiger partial charge in [0.25, 0.3) is 0 Å². The summed E-state index contributed by atoms with van der Waals surface area (Å²) in [7, 11) is 0. The fourth-order valence-electron chi connectivity index (χ4n) is 3.71. The van der Waals surface area contributed by atoms with Gasteiger partial charge in [-0.25, -0.2) is 0 Å². The Morgan fingerprint density at radius 3 is 2.80 bits per heavy atom. The second-order valence-corrected chi connectivity index (χ2v) is 8.02. The molecule has 1 aliphatic rings. The Hall–Kier alpha value is -3.26. The minimum absolute atomic E-state index is 0.0681. The van der Waals surface area contributed by atoms with Crippen molar-refractivity contribution in [1.82, 2.24) is 14.8 Å². The monoisotopic (exact) mass is 420 g/mol. The molecule has 0 unspecified atom stereocenters. The fraction of sp³-hybridized carbons (Fsp3) is 0.227. The molecule has 1 aromatic carbocycles. The van der Waals surface area contributed by atoms with E-state index in [0.29, 0.717) is 17.5 Å². The molecule has 0 fully saturated rings. The average Bonchev–Trinajstić information content (AvgIpc) is 3.54. The first-order chi connectivity index (χ1) is 14.7. The minimum Gasteiger partial charge on any atom is -0.469 e. The number of carbonyl (C=O) groups is 1. The fourth-order valence-corrected chi connectivity index (χ4v) is 4.53. The predicted octanol–water partition coefficient (Wildman–Crippen LogP) is 4.17. The van der Waals surface area contributed by atoms with Gasteiger partial charge in [0, 0.05) is 12.2 Å². The molecular weight excluding hydrogens is 400 g/mol. The van der Waals surface area contributed by atoms with Crippen molar-refractivity contribution in [3.8, 4) is 11.4 Å². The molecule has 1 aliphatic heterocycles. The van der Waals surface area contributed by atoms with Gasteiger partial charge in [0.05, 0.1) is 30.4 Å². The van der Waals surface area contributed by atoms with Crippen LogP contribution in [-0.4, -0.2) is 33.0 Å². The highest BCUT2D eigenvalue weighted by molar-refractivity contribution is 7.99. The van der Waals surface area contributed by atoms with E-state index in [0.717, 1.165) is 35.7 Å². The standard InChI is InChI=1S/C22H20N4O3S/c1-15-18(9-12-28-15)21-23-24-22(26(21)13-17-6-4-11-29-17)30-14-20(27)25-10-8-16-5-2-3-7-19(16)25/h2-7,9,11-12H,8,10,13-14H2,1H3. The third-order valence-corrected chi connectivity index (χ3v) is 6.18. The number of aromatic nitrogens is 3. The molecule has 0 radical (unpaired) electrons. The lowest BCUT2D eigenvalue weighted by Gasteiger charge is -2.17. The maximum Gasteiger partial charge on any atom is 0.237 e. The molecule has 7 nitrogen and oxygen atoms in total. The van der Waals surface area contributed by atoms with Crippen molar-refractivity contribution in [1.29, 1.82) is 0 Å². The number of carbonyl (C=O) groups excluding carboxylic acids is 1. The van der Waals surface area contributed by atoms with Crippen LogP contribution in [0.4, 0.5) is 5.69 Å². The number of hydrogen-bond acceptors (Lipinski definition) is 6. The van der Waals surface area contributed by atoms with Gasteiger partial charge >= 0.3 is 0 Å². The number of amides is 1. The minimum atomic E-state index is 0.0681. The zero-order valence-corrected chi connectivity index (χ0v) is 17.3. The number of hydrogen-bond donors (Lipinski definition) is 0. The van der Waals surface area contributed by atoms with E-state index in [1.54, 1.807) is 12.5 Å². The van der Waals surface area contributed by atoms with Crippen LogP contribution in [0.15, 0.2) is 69.0 Å². The van der Waals surface area contributed by atoms with E-state index in [4.69, 9.17) is 8.83 Å². The average molecular weight is 420 g/mol.